The average molecular weight is 425 g/mol. The molecule has 148 valence electrons. The molecule has 1 aromatic carbocycles. The molecule has 11 heteroatoms. The molecule has 2 rings (SSSR count). The van der Waals surface area contributed by atoms with Crippen molar-refractivity contribution >= 4 is 58.2 Å². The first kappa shape index (κ1) is 21.4. The van der Waals surface area contributed by atoms with Crippen LogP contribution in [0, 0.1) is 0 Å². The van der Waals surface area contributed by atoms with Gasteiger partial charge in [-0.15, -0.1) is 0 Å². The van der Waals surface area contributed by atoms with Crippen LogP contribution in [0.2, 0.25) is 0 Å². The first-order valence-corrected chi connectivity index (χ1v) is 9.08. The van der Waals surface area contributed by atoms with E-state index in [-0.39, 0.29) is 21.4 Å². The number of aliphatic carboxylic acids is 3. The van der Waals surface area contributed by atoms with Gasteiger partial charge in [0.05, 0.1) is 4.91 Å². The summed E-state index contributed by atoms with van der Waals surface area (Å²) in [4.78, 5) is 46.7. The summed E-state index contributed by atoms with van der Waals surface area (Å²) in [5, 5.41) is 26.9. The van der Waals surface area contributed by atoms with Gasteiger partial charge in [0.15, 0.2) is 6.61 Å². The zero-order valence-electron chi connectivity index (χ0n) is 14.2. The van der Waals surface area contributed by atoms with Crippen molar-refractivity contribution in [1.29, 1.82) is 0 Å². The summed E-state index contributed by atoms with van der Waals surface area (Å²) >= 11 is 5.99. The highest BCUT2D eigenvalue weighted by molar-refractivity contribution is 8.26. The molecule has 1 fully saturated rings. The number of hydrogen-bond acceptors (Lipinski definition) is 7. The zero-order chi connectivity index (χ0) is 20.8. The van der Waals surface area contributed by atoms with Crippen molar-refractivity contribution in [2.45, 2.75) is 18.9 Å². The summed E-state index contributed by atoms with van der Waals surface area (Å²) in [6.07, 6.45) is 0.703. The Morgan fingerprint density at radius 1 is 1.18 bits per heavy atom. The fourth-order valence-electron chi connectivity index (χ4n) is 2.38. The summed E-state index contributed by atoms with van der Waals surface area (Å²) < 4.78 is 5.18. The van der Waals surface area contributed by atoms with Crippen LogP contribution in [-0.4, -0.2) is 61.0 Å². The van der Waals surface area contributed by atoms with Crippen LogP contribution >= 0.6 is 24.0 Å². The first-order chi connectivity index (χ1) is 13.2. The van der Waals surface area contributed by atoms with E-state index in [2.05, 4.69) is 0 Å². The Hall–Kier alpha value is -2.92. The Morgan fingerprint density at radius 3 is 2.46 bits per heavy atom. The molecule has 1 saturated heterocycles. The topological polar surface area (TPSA) is 141 Å². The summed E-state index contributed by atoms with van der Waals surface area (Å²) in [5.74, 6) is -4.14. The van der Waals surface area contributed by atoms with Gasteiger partial charge in [-0.05, 0) is 18.6 Å². The maximum absolute atomic E-state index is 12.7. The van der Waals surface area contributed by atoms with Crippen LogP contribution in [-0.2, 0) is 19.2 Å². The number of amides is 1. The average Bonchev–Trinajstić information content (AvgIpc) is 2.88. The van der Waals surface area contributed by atoms with Gasteiger partial charge < -0.3 is 20.1 Å². The van der Waals surface area contributed by atoms with Gasteiger partial charge in [-0.2, -0.15) is 0 Å². The summed E-state index contributed by atoms with van der Waals surface area (Å²) in [6.45, 7) is -0.567. The second kappa shape index (κ2) is 9.33. The van der Waals surface area contributed by atoms with Gasteiger partial charge in [-0.25, -0.2) is 9.59 Å². The van der Waals surface area contributed by atoms with Gasteiger partial charge in [-0.3, -0.25) is 14.5 Å². The van der Waals surface area contributed by atoms with Crippen LogP contribution in [0.1, 0.15) is 18.4 Å². The highest BCUT2D eigenvalue weighted by atomic mass is 32.2. The second-order valence-electron chi connectivity index (χ2n) is 5.56. The largest absolute Gasteiger partial charge is 0.481 e. The van der Waals surface area contributed by atoms with Crippen LogP contribution < -0.4 is 4.74 Å². The third-order valence-corrected chi connectivity index (χ3v) is 4.94. The normalized spacial score (nSPS) is 16.3. The number of carbonyl (C=O) groups is 4. The van der Waals surface area contributed by atoms with Crippen molar-refractivity contribution in [1.82, 2.24) is 4.90 Å². The molecule has 1 aliphatic rings. The molecular formula is C17H15NO8S2. The third kappa shape index (κ3) is 5.30. The Balaban J connectivity index is 2.28. The van der Waals surface area contributed by atoms with E-state index in [4.69, 9.17) is 27.2 Å². The lowest BCUT2D eigenvalue weighted by molar-refractivity contribution is -0.146. The number of para-hydroxylation sites is 1. The molecule has 0 aromatic heterocycles. The van der Waals surface area contributed by atoms with Crippen molar-refractivity contribution in [2.75, 3.05) is 6.61 Å². The summed E-state index contributed by atoms with van der Waals surface area (Å²) in [5.41, 5.74) is 0.418. The Kier molecular flexibility index (Phi) is 7.12. The molecule has 1 amide bonds. The molecule has 1 heterocycles. The molecule has 28 heavy (non-hydrogen) atoms. The van der Waals surface area contributed by atoms with Crippen molar-refractivity contribution in [3.05, 3.63) is 34.7 Å². The predicted octanol–water partition coefficient (Wildman–Crippen LogP) is 1.67. The number of benzene rings is 1. The molecule has 1 aromatic rings. The van der Waals surface area contributed by atoms with Crippen LogP contribution in [0.3, 0.4) is 0 Å². The van der Waals surface area contributed by atoms with E-state index >= 15 is 0 Å². The maximum Gasteiger partial charge on any atom is 0.341 e. The van der Waals surface area contributed by atoms with E-state index in [1.807, 2.05) is 0 Å². The predicted molar refractivity (Wildman–Crippen MR) is 103 cm³/mol. The summed E-state index contributed by atoms with van der Waals surface area (Å²) in [7, 11) is 0. The fraction of sp³-hybridized carbons (Fsp3) is 0.235. The third-order valence-electron chi connectivity index (χ3n) is 3.61. The van der Waals surface area contributed by atoms with Gasteiger partial charge >= 0.3 is 17.9 Å². The Labute approximate surface area is 168 Å². The van der Waals surface area contributed by atoms with Crippen molar-refractivity contribution in [3.8, 4) is 5.75 Å². The number of thiocarbonyl (C=S) groups is 1. The van der Waals surface area contributed by atoms with Crippen LogP contribution in [0.4, 0.5) is 0 Å². The highest BCUT2D eigenvalue weighted by Gasteiger charge is 2.40. The number of rotatable bonds is 9. The molecule has 9 nitrogen and oxygen atoms in total. The van der Waals surface area contributed by atoms with Crippen molar-refractivity contribution < 1.29 is 39.2 Å². The molecule has 0 bridgehead atoms. The number of nitrogens with zero attached hydrogens (tertiary/aromatic N) is 1. The molecule has 1 atom stereocenters. The lowest BCUT2D eigenvalue weighted by atomic mass is 10.1. The van der Waals surface area contributed by atoms with Crippen molar-refractivity contribution in [2.24, 2.45) is 0 Å². The number of ether oxygens (including phenoxy) is 1. The van der Waals surface area contributed by atoms with Crippen molar-refractivity contribution in [3.63, 3.8) is 0 Å². The van der Waals surface area contributed by atoms with E-state index in [0.717, 1.165) is 16.7 Å². The van der Waals surface area contributed by atoms with E-state index in [1.54, 1.807) is 18.2 Å². The second-order valence-corrected chi connectivity index (χ2v) is 7.23. The molecule has 3 N–H and O–H groups in total. The molecule has 1 aliphatic heterocycles. The fourth-order valence-corrected chi connectivity index (χ4v) is 3.73. The van der Waals surface area contributed by atoms with Crippen LogP contribution in [0.5, 0.6) is 5.75 Å². The van der Waals surface area contributed by atoms with E-state index in [1.165, 1.54) is 12.1 Å². The van der Waals surface area contributed by atoms with Gasteiger partial charge in [0, 0.05) is 12.0 Å². The lowest BCUT2D eigenvalue weighted by Gasteiger charge is -2.22. The lowest BCUT2D eigenvalue weighted by Crippen LogP contribution is -2.44. The molecular weight excluding hydrogens is 410 g/mol. The standard InChI is InChI=1S/C17H15NO8S2/c19-13(20)6-5-10(16(24)25)18-15(23)12(28-17(18)27)7-9-3-1-2-4-11(9)26-8-14(21)22/h1-4,7,10H,5-6,8H2,(H,19,20)(H,21,22)(H,24,25)/b12-7-. The summed E-state index contributed by atoms with van der Waals surface area (Å²) in [6, 6.07) is 5.03. The molecule has 0 aliphatic carbocycles. The monoisotopic (exact) mass is 425 g/mol. The van der Waals surface area contributed by atoms with Crippen LogP contribution in [0.15, 0.2) is 29.2 Å². The molecule has 1 unspecified atom stereocenters. The number of carboxylic acid groups (broad SMARTS) is 3. The van der Waals surface area contributed by atoms with Crippen LogP contribution in [0.25, 0.3) is 6.08 Å². The highest BCUT2D eigenvalue weighted by Crippen LogP contribution is 2.36. The molecule has 0 saturated carbocycles. The number of thioether (sulfide) groups is 1. The smallest absolute Gasteiger partial charge is 0.341 e. The minimum atomic E-state index is -1.40. The Morgan fingerprint density at radius 2 is 1.86 bits per heavy atom. The Bertz CT molecular complexity index is 866. The minimum absolute atomic E-state index is 0.00188. The quantitative estimate of drug-likeness (QED) is 0.395. The van der Waals surface area contributed by atoms with Gasteiger partial charge in [-0.1, -0.05) is 42.2 Å². The number of carbonyl (C=O) groups excluding carboxylic acids is 1. The van der Waals surface area contributed by atoms with Gasteiger partial charge in [0.1, 0.15) is 16.1 Å². The zero-order valence-corrected chi connectivity index (χ0v) is 15.9. The number of carboxylic acids is 3. The van der Waals surface area contributed by atoms with E-state index in [9.17, 15) is 24.3 Å². The van der Waals surface area contributed by atoms with Gasteiger partial charge in [0.25, 0.3) is 5.91 Å². The van der Waals surface area contributed by atoms with E-state index < -0.39 is 42.9 Å². The van der Waals surface area contributed by atoms with E-state index in [0.29, 0.717) is 5.56 Å². The van der Waals surface area contributed by atoms with Gasteiger partial charge in [0.2, 0.25) is 0 Å². The first-order valence-electron chi connectivity index (χ1n) is 7.86. The number of hydrogen-bond donors (Lipinski definition) is 3. The SMILES string of the molecule is O=C(O)CCC(C(=O)O)N1C(=O)/C(=C/c2ccccc2OCC(=O)O)SC1=S. The maximum atomic E-state index is 12.7. The minimum Gasteiger partial charge on any atom is -0.481 e. The molecule has 0 radical (unpaired) electrons. The molecule has 0 spiro atoms.